The summed E-state index contributed by atoms with van der Waals surface area (Å²) < 4.78 is 32.5. The smallest absolute Gasteiger partial charge is 0.262 e. The van der Waals surface area contributed by atoms with Crippen molar-refractivity contribution in [1.29, 1.82) is 0 Å². The molecule has 0 radical (unpaired) electrons. The van der Waals surface area contributed by atoms with Crippen molar-refractivity contribution in [3.63, 3.8) is 0 Å². The van der Waals surface area contributed by atoms with E-state index in [9.17, 15) is 13.6 Å². The van der Waals surface area contributed by atoms with Crippen LogP contribution in [-0.4, -0.2) is 12.5 Å². The lowest BCUT2D eigenvalue weighted by Gasteiger charge is -2.20. The maximum atomic E-state index is 13.5. The van der Waals surface area contributed by atoms with Crippen molar-refractivity contribution in [1.82, 2.24) is 0 Å². The van der Waals surface area contributed by atoms with E-state index >= 15 is 0 Å². The van der Waals surface area contributed by atoms with Gasteiger partial charge in [0.1, 0.15) is 17.4 Å². The van der Waals surface area contributed by atoms with Crippen LogP contribution in [0.15, 0.2) is 40.9 Å². The lowest BCUT2D eigenvalue weighted by atomic mass is 9.87. The van der Waals surface area contributed by atoms with Crippen LogP contribution in [0.5, 0.6) is 5.75 Å². The summed E-state index contributed by atoms with van der Waals surface area (Å²) >= 11 is 3.42. The number of anilines is 1. The number of halogens is 3. The molecule has 0 saturated heterocycles. The molecule has 2 aromatic carbocycles. The highest BCUT2D eigenvalue weighted by Crippen LogP contribution is 2.31. The maximum absolute atomic E-state index is 13.5. The zero-order valence-electron chi connectivity index (χ0n) is 13.6. The first-order valence-corrected chi connectivity index (χ1v) is 8.14. The van der Waals surface area contributed by atoms with Crippen molar-refractivity contribution in [3.05, 3.63) is 58.1 Å². The molecule has 0 fully saturated rings. The Hall–Kier alpha value is -1.95. The highest BCUT2D eigenvalue weighted by atomic mass is 79.9. The minimum absolute atomic E-state index is 0.00145. The molecule has 2 aromatic rings. The first kappa shape index (κ1) is 18.4. The Kier molecular flexibility index (Phi) is 5.59. The molecular weight excluding hydrogens is 380 g/mol. The Morgan fingerprint density at radius 3 is 2.46 bits per heavy atom. The Morgan fingerprint density at radius 1 is 1.17 bits per heavy atom. The second-order valence-corrected chi connectivity index (χ2v) is 7.21. The van der Waals surface area contributed by atoms with Gasteiger partial charge in [0.25, 0.3) is 5.91 Å². The Morgan fingerprint density at radius 2 is 1.88 bits per heavy atom. The molecule has 0 aliphatic carbocycles. The Labute approximate surface area is 148 Å². The van der Waals surface area contributed by atoms with E-state index in [4.69, 9.17) is 4.74 Å². The van der Waals surface area contributed by atoms with E-state index < -0.39 is 17.5 Å². The number of nitrogens with one attached hydrogen (secondary N) is 1. The first-order valence-electron chi connectivity index (χ1n) is 7.34. The monoisotopic (exact) mass is 397 g/mol. The molecule has 0 aliphatic heterocycles. The van der Waals surface area contributed by atoms with E-state index in [2.05, 4.69) is 42.0 Å². The van der Waals surface area contributed by atoms with E-state index in [0.29, 0.717) is 11.8 Å². The van der Waals surface area contributed by atoms with Crippen LogP contribution in [0.3, 0.4) is 0 Å². The fraction of sp³-hybridized carbons (Fsp3) is 0.278. The van der Waals surface area contributed by atoms with Gasteiger partial charge in [-0.1, -0.05) is 26.8 Å². The number of hydrogen-bond acceptors (Lipinski definition) is 2. The molecule has 24 heavy (non-hydrogen) atoms. The molecule has 0 spiro atoms. The van der Waals surface area contributed by atoms with Crippen molar-refractivity contribution in [3.8, 4) is 5.75 Å². The molecule has 3 nitrogen and oxygen atoms in total. The van der Waals surface area contributed by atoms with Crippen LogP contribution in [0.1, 0.15) is 26.3 Å². The minimum atomic E-state index is -0.834. The van der Waals surface area contributed by atoms with Crippen LogP contribution in [0.25, 0.3) is 0 Å². The fourth-order valence-corrected chi connectivity index (χ4v) is 2.50. The summed E-state index contributed by atoms with van der Waals surface area (Å²) in [5.41, 5.74) is 1.03. The van der Waals surface area contributed by atoms with Crippen LogP contribution >= 0.6 is 15.9 Å². The molecule has 0 aromatic heterocycles. The number of carbonyl (C=O) groups is 1. The predicted molar refractivity (Wildman–Crippen MR) is 93.3 cm³/mol. The van der Waals surface area contributed by atoms with Crippen molar-refractivity contribution in [2.75, 3.05) is 11.9 Å². The van der Waals surface area contributed by atoms with Crippen molar-refractivity contribution in [2.24, 2.45) is 0 Å². The number of amides is 1. The van der Waals surface area contributed by atoms with Crippen LogP contribution < -0.4 is 10.1 Å². The third-order valence-electron chi connectivity index (χ3n) is 3.36. The summed E-state index contributed by atoms with van der Waals surface area (Å²) in [4.78, 5) is 11.8. The lowest BCUT2D eigenvalue weighted by Crippen LogP contribution is -2.21. The molecule has 1 amide bonds. The van der Waals surface area contributed by atoms with Crippen LogP contribution in [-0.2, 0) is 10.2 Å². The zero-order valence-corrected chi connectivity index (χ0v) is 15.2. The van der Waals surface area contributed by atoms with E-state index in [-0.39, 0.29) is 17.7 Å². The van der Waals surface area contributed by atoms with Gasteiger partial charge >= 0.3 is 0 Å². The molecule has 0 aliphatic rings. The highest BCUT2D eigenvalue weighted by molar-refractivity contribution is 9.10. The van der Waals surface area contributed by atoms with Gasteiger partial charge in [-0.2, -0.15) is 0 Å². The number of hydrogen-bond donors (Lipinski definition) is 1. The summed E-state index contributed by atoms with van der Waals surface area (Å²) in [6, 6.07) is 8.58. The van der Waals surface area contributed by atoms with Crippen LogP contribution in [0.4, 0.5) is 14.5 Å². The summed E-state index contributed by atoms with van der Waals surface area (Å²) in [6.07, 6.45) is 0. The first-order chi connectivity index (χ1) is 11.2. The number of carbonyl (C=O) groups excluding carboxylic acids is 1. The molecule has 0 unspecified atom stereocenters. The molecule has 128 valence electrons. The van der Waals surface area contributed by atoms with Gasteiger partial charge in [0.2, 0.25) is 0 Å². The lowest BCUT2D eigenvalue weighted by molar-refractivity contribution is -0.118. The molecule has 0 atom stereocenters. The number of ether oxygens (including phenoxy) is 1. The largest absolute Gasteiger partial charge is 0.483 e. The fourth-order valence-electron chi connectivity index (χ4n) is 2.00. The Balaban J connectivity index is 1.99. The van der Waals surface area contributed by atoms with Crippen LogP contribution in [0, 0.1) is 11.6 Å². The third kappa shape index (κ3) is 4.77. The normalized spacial score (nSPS) is 11.2. The average Bonchev–Trinajstić information content (AvgIpc) is 2.48. The van der Waals surface area contributed by atoms with Gasteiger partial charge < -0.3 is 10.1 Å². The van der Waals surface area contributed by atoms with Crippen molar-refractivity contribution < 1.29 is 18.3 Å². The Bertz CT molecular complexity index is 757. The van der Waals surface area contributed by atoms with E-state index in [0.717, 1.165) is 22.2 Å². The quantitative estimate of drug-likeness (QED) is 0.784. The number of rotatable bonds is 4. The predicted octanol–water partition coefficient (Wildman–Crippen LogP) is 5.04. The molecular formula is C18H18BrF2NO2. The molecule has 6 heteroatoms. The standard InChI is InChI=1S/C18H18BrF2NO2/c1-18(2,3)11-4-7-16(13(19)8-11)24-10-17(23)22-15-6-5-12(20)9-14(15)21/h4-9H,10H2,1-3H3,(H,22,23). The maximum Gasteiger partial charge on any atom is 0.262 e. The summed E-state index contributed by atoms with van der Waals surface area (Å²) in [5, 5.41) is 2.34. The third-order valence-corrected chi connectivity index (χ3v) is 3.98. The highest BCUT2D eigenvalue weighted by Gasteiger charge is 2.16. The SMILES string of the molecule is CC(C)(C)c1ccc(OCC(=O)Nc2ccc(F)cc2F)c(Br)c1. The summed E-state index contributed by atoms with van der Waals surface area (Å²) in [7, 11) is 0. The zero-order chi connectivity index (χ0) is 17.9. The van der Waals surface area contributed by atoms with Gasteiger partial charge in [-0.25, -0.2) is 8.78 Å². The number of benzene rings is 2. The molecule has 2 rings (SSSR count). The van der Waals surface area contributed by atoms with Gasteiger partial charge in [-0.3, -0.25) is 4.79 Å². The van der Waals surface area contributed by atoms with E-state index in [1.165, 1.54) is 0 Å². The summed E-state index contributed by atoms with van der Waals surface area (Å²) in [6.45, 7) is 6.00. The van der Waals surface area contributed by atoms with Gasteiger partial charge in [0, 0.05) is 6.07 Å². The second-order valence-electron chi connectivity index (χ2n) is 6.36. The molecule has 1 N–H and O–H groups in total. The summed E-state index contributed by atoms with van der Waals surface area (Å²) in [5.74, 6) is -1.56. The average molecular weight is 398 g/mol. The van der Waals surface area contributed by atoms with E-state index in [1.807, 2.05) is 12.1 Å². The van der Waals surface area contributed by atoms with Gasteiger partial charge in [0.05, 0.1) is 10.2 Å². The van der Waals surface area contributed by atoms with Crippen molar-refractivity contribution in [2.45, 2.75) is 26.2 Å². The topological polar surface area (TPSA) is 38.3 Å². The van der Waals surface area contributed by atoms with Gasteiger partial charge in [-0.05, 0) is 51.2 Å². The van der Waals surface area contributed by atoms with Crippen LogP contribution in [0.2, 0.25) is 0 Å². The molecule has 0 bridgehead atoms. The molecule has 0 saturated carbocycles. The minimum Gasteiger partial charge on any atom is -0.483 e. The molecule has 0 heterocycles. The van der Waals surface area contributed by atoms with Gasteiger partial charge in [-0.15, -0.1) is 0 Å². The van der Waals surface area contributed by atoms with E-state index in [1.54, 1.807) is 6.07 Å². The second kappa shape index (κ2) is 7.30. The van der Waals surface area contributed by atoms with Crippen molar-refractivity contribution >= 4 is 27.5 Å². The van der Waals surface area contributed by atoms with Gasteiger partial charge in [0.15, 0.2) is 6.61 Å².